The van der Waals surface area contributed by atoms with Gasteiger partial charge in [-0.1, -0.05) is 78.4 Å². The van der Waals surface area contributed by atoms with Crippen LogP contribution in [0.2, 0.25) is 0 Å². The molecule has 0 bridgehead atoms. The molecule has 0 atom stereocenters. The van der Waals surface area contributed by atoms with Crippen molar-refractivity contribution in [1.29, 1.82) is 0 Å². The van der Waals surface area contributed by atoms with Gasteiger partial charge in [-0.25, -0.2) is 0 Å². The van der Waals surface area contributed by atoms with Crippen LogP contribution in [-0.4, -0.2) is 14.2 Å². The highest BCUT2D eigenvalue weighted by Crippen LogP contribution is 2.34. The molecule has 2 aromatic heterocycles. The number of hydrogen-bond acceptors (Lipinski definition) is 5. The Hall–Kier alpha value is -3.10. The third-order valence-electron chi connectivity index (χ3n) is 8.41. The number of aromatic hydroxyl groups is 1. The fraction of sp³-hybridized carbons (Fsp3) is 0.333. The average molecular weight is 687 g/mol. The molecule has 0 unspecified atom stereocenters. The molecule has 0 saturated carbocycles. The number of thiazole rings is 2. The molecule has 2 heterocycles. The van der Waals surface area contributed by atoms with E-state index >= 15 is 0 Å². The van der Waals surface area contributed by atoms with Crippen LogP contribution in [0.3, 0.4) is 0 Å². The number of rotatable bonds is 5. The maximum atomic E-state index is 10.3. The van der Waals surface area contributed by atoms with Crippen molar-refractivity contribution in [2.24, 2.45) is 0 Å². The number of para-hydroxylation sites is 2. The minimum Gasteiger partial charge on any atom is -0.508 e. The van der Waals surface area contributed by atoms with Crippen LogP contribution >= 0.6 is 47.1 Å². The minimum atomic E-state index is -0.0926. The van der Waals surface area contributed by atoms with Gasteiger partial charge in [0.1, 0.15) is 5.75 Å². The fourth-order valence-electron chi connectivity index (χ4n) is 5.89. The molecule has 242 valence electrons. The van der Waals surface area contributed by atoms with Gasteiger partial charge in [0.2, 0.25) is 0 Å². The van der Waals surface area contributed by atoms with E-state index in [1.165, 1.54) is 48.3 Å². The molecule has 0 aliphatic rings. The summed E-state index contributed by atoms with van der Waals surface area (Å²) in [6.07, 6.45) is 0. The van der Waals surface area contributed by atoms with E-state index in [-0.39, 0.29) is 12.8 Å². The maximum absolute atomic E-state index is 10.3. The molecule has 3 nitrogen and oxygen atoms in total. The highest BCUT2D eigenvalue weighted by Gasteiger charge is 2.20. The van der Waals surface area contributed by atoms with Crippen molar-refractivity contribution in [3.05, 3.63) is 120 Å². The topological polar surface area (TPSA) is 30.1 Å². The molecule has 6 rings (SSSR count). The molecular formula is C39H46N2OS4. The largest absolute Gasteiger partial charge is 0.508 e. The lowest BCUT2D eigenvalue weighted by Crippen LogP contribution is -2.13. The molecule has 0 radical (unpaired) electrons. The summed E-state index contributed by atoms with van der Waals surface area (Å²) in [6.45, 7) is 18.9. The molecule has 6 aromatic rings. The molecule has 7 heteroatoms. The Morgan fingerprint density at radius 2 is 1.15 bits per heavy atom. The SMILES string of the molecule is C.Cc1cc(C)c(C(C)C)cc1Cn1c(=S)sc2ccccc21.Cc1cc(O)c(C(C)(C)C)cc1Cn1c(=S)sc2ccccc21. The van der Waals surface area contributed by atoms with E-state index in [4.69, 9.17) is 24.4 Å². The van der Waals surface area contributed by atoms with Gasteiger partial charge in [0, 0.05) is 6.54 Å². The van der Waals surface area contributed by atoms with Crippen LogP contribution in [0.1, 0.15) is 86.9 Å². The van der Waals surface area contributed by atoms with Crippen molar-refractivity contribution in [3.8, 4) is 5.75 Å². The molecule has 0 fully saturated rings. The van der Waals surface area contributed by atoms with Crippen LogP contribution in [0.15, 0.2) is 72.8 Å². The fourth-order valence-corrected chi connectivity index (χ4v) is 8.53. The number of fused-ring (bicyclic) bond motifs is 2. The lowest BCUT2D eigenvalue weighted by atomic mass is 9.84. The number of phenols is 1. The smallest absolute Gasteiger partial charge is 0.162 e. The quantitative estimate of drug-likeness (QED) is 0.183. The summed E-state index contributed by atoms with van der Waals surface area (Å²) in [4.78, 5) is 0. The highest BCUT2D eigenvalue weighted by atomic mass is 32.2. The van der Waals surface area contributed by atoms with E-state index in [0.29, 0.717) is 11.7 Å². The number of hydrogen-bond donors (Lipinski definition) is 1. The summed E-state index contributed by atoms with van der Waals surface area (Å²) >= 11 is 14.5. The van der Waals surface area contributed by atoms with Gasteiger partial charge in [-0.2, -0.15) is 0 Å². The van der Waals surface area contributed by atoms with Gasteiger partial charge in [0.25, 0.3) is 0 Å². The van der Waals surface area contributed by atoms with Crippen LogP contribution in [0.25, 0.3) is 20.4 Å². The first-order valence-corrected chi connectivity index (χ1v) is 17.8. The summed E-state index contributed by atoms with van der Waals surface area (Å²) in [5.74, 6) is 0.920. The third kappa shape index (κ3) is 7.54. The zero-order valence-electron chi connectivity index (χ0n) is 27.4. The molecule has 0 amide bonds. The van der Waals surface area contributed by atoms with E-state index in [9.17, 15) is 5.11 Å². The van der Waals surface area contributed by atoms with Gasteiger partial charge >= 0.3 is 0 Å². The minimum absolute atomic E-state index is 0. The maximum Gasteiger partial charge on any atom is 0.162 e. The van der Waals surface area contributed by atoms with Gasteiger partial charge in [0.15, 0.2) is 7.91 Å². The average Bonchev–Trinajstić information content (AvgIpc) is 3.45. The Bertz CT molecular complexity index is 2120. The summed E-state index contributed by atoms with van der Waals surface area (Å²) < 4.78 is 8.76. The first kappa shape index (κ1) is 35.7. The van der Waals surface area contributed by atoms with E-state index < -0.39 is 0 Å². The summed E-state index contributed by atoms with van der Waals surface area (Å²) in [6, 6.07) is 25.4. The van der Waals surface area contributed by atoms with Crippen LogP contribution < -0.4 is 0 Å². The van der Waals surface area contributed by atoms with Crippen molar-refractivity contribution in [2.75, 3.05) is 0 Å². The molecular weight excluding hydrogens is 641 g/mol. The molecule has 0 spiro atoms. The third-order valence-corrected chi connectivity index (χ3v) is 11.3. The lowest BCUT2D eigenvalue weighted by Gasteiger charge is -2.22. The second-order valence-electron chi connectivity index (χ2n) is 13.2. The van der Waals surface area contributed by atoms with E-state index in [1.807, 2.05) is 25.1 Å². The van der Waals surface area contributed by atoms with Gasteiger partial charge < -0.3 is 14.2 Å². The van der Waals surface area contributed by atoms with E-state index in [2.05, 4.69) is 112 Å². The zero-order valence-corrected chi connectivity index (χ0v) is 30.7. The van der Waals surface area contributed by atoms with E-state index in [1.54, 1.807) is 22.7 Å². The van der Waals surface area contributed by atoms with Crippen LogP contribution in [0, 0.1) is 28.7 Å². The molecule has 4 aromatic carbocycles. The van der Waals surface area contributed by atoms with Crippen molar-refractivity contribution >= 4 is 67.5 Å². The summed E-state index contributed by atoms with van der Waals surface area (Å²) in [5, 5.41) is 10.3. The second kappa shape index (κ2) is 14.3. The predicted octanol–water partition coefficient (Wildman–Crippen LogP) is 12.6. The lowest BCUT2D eigenvalue weighted by molar-refractivity contribution is 0.445. The number of nitrogens with zero attached hydrogens (tertiary/aromatic N) is 2. The molecule has 0 aliphatic heterocycles. The molecule has 46 heavy (non-hydrogen) atoms. The summed E-state index contributed by atoms with van der Waals surface area (Å²) in [5.41, 5.74) is 11.1. The second-order valence-corrected chi connectivity index (χ2v) is 16.5. The van der Waals surface area contributed by atoms with Crippen molar-refractivity contribution < 1.29 is 5.11 Å². The first-order valence-electron chi connectivity index (χ1n) is 15.3. The normalized spacial score (nSPS) is 11.5. The first-order chi connectivity index (χ1) is 21.2. The molecule has 0 saturated heterocycles. The van der Waals surface area contributed by atoms with Gasteiger partial charge in [-0.15, -0.1) is 22.7 Å². The monoisotopic (exact) mass is 686 g/mol. The van der Waals surface area contributed by atoms with Crippen molar-refractivity contribution in [3.63, 3.8) is 0 Å². The summed E-state index contributed by atoms with van der Waals surface area (Å²) in [7, 11) is 0. The van der Waals surface area contributed by atoms with Crippen LogP contribution in [0.5, 0.6) is 5.75 Å². The van der Waals surface area contributed by atoms with Crippen molar-refractivity contribution in [1.82, 2.24) is 9.13 Å². The number of aromatic nitrogens is 2. The van der Waals surface area contributed by atoms with E-state index in [0.717, 1.165) is 32.1 Å². The number of benzene rings is 4. The highest BCUT2D eigenvalue weighted by molar-refractivity contribution is 7.74. The Morgan fingerprint density at radius 1 is 0.696 bits per heavy atom. The van der Waals surface area contributed by atoms with Gasteiger partial charge in [-0.05, 0) is 132 Å². The molecule has 1 N–H and O–H groups in total. The Kier molecular flexibility index (Phi) is 11.1. The van der Waals surface area contributed by atoms with Crippen LogP contribution in [-0.2, 0) is 18.5 Å². The number of aryl methyl sites for hydroxylation is 3. The Morgan fingerprint density at radius 3 is 1.63 bits per heavy atom. The van der Waals surface area contributed by atoms with Crippen molar-refractivity contribution in [2.45, 2.75) is 87.2 Å². The number of phenolic OH excluding ortho intramolecular Hbond substituents is 1. The standard InChI is InChI=1S/C19H21NOS2.C19H21NS2.CH4/c1-12-9-16(21)14(19(2,3)4)10-13(12)11-20-15-7-5-6-8-17(15)23-18(20)22;1-12(2)16-10-15(13(3)9-14(16)4)11-20-17-7-5-6-8-18(17)22-19(20)21;/h5-10,21H,11H2,1-4H3;5-10,12H,11H2,1-4H3;1H4. The Labute approximate surface area is 292 Å². The van der Waals surface area contributed by atoms with Gasteiger partial charge in [-0.3, -0.25) is 0 Å². The molecule has 0 aliphatic carbocycles. The predicted molar refractivity (Wildman–Crippen MR) is 208 cm³/mol. The Balaban J connectivity index is 0.000000205. The van der Waals surface area contributed by atoms with Gasteiger partial charge in [0.05, 0.1) is 27.0 Å². The zero-order chi connectivity index (χ0) is 32.6. The van der Waals surface area contributed by atoms with Crippen LogP contribution in [0.4, 0.5) is 0 Å².